The summed E-state index contributed by atoms with van der Waals surface area (Å²) in [6.45, 7) is 0. The zero-order chi connectivity index (χ0) is 5.98. The summed E-state index contributed by atoms with van der Waals surface area (Å²) in [5, 5.41) is 1.81. The SMILES string of the molecule is CO[S+]1C=CC(=O)C1. The van der Waals surface area contributed by atoms with Crippen molar-refractivity contribution in [1.82, 2.24) is 0 Å². The maximum atomic E-state index is 10.5. The van der Waals surface area contributed by atoms with E-state index >= 15 is 0 Å². The van der Waals surface area contributed by atoms with Gasteiger partial charge in [-0.15, -0.1) is 0 Å². The summed E-state index contributed by atoms with van der Waals surface area (Å²) in [7, 11) is 1.62. The lowest BCUT2D eigenvalue weighted by atomic mass is 10.5. The van der Waals surface area contributed by atoms with E-state index in [1.165, 1.54) is 0 Å². The molecule has 1 heterocycles. The van der Waals surface area contributed by atoms with Crippen LogP contribution in [0.15, 0.2) is 11.5 Å². The molecule has 1 rings (SSSR count). The molecule has 0 aromatic carbocycles. The number of carbonyl (C=O) groups excluding carboxylic acids is 1. The lowest BCUT2D eigenvalue weighted by molar-refractivity contribution is -0.112. The van der Waals surface area contributed by atoms with E-state index in [9.17, 15) is 4.79 Å². The van der Waals surface area contributed by atoms with Gasteiger partial charge in [0.1, 0.15) is 0 Å². The Labute approximate surface area is 51.1 Å². The van der Waals surface area contributed by atoms with Crippen LogP contribution < -0.4 is 0 Å². The Balaban J connectivity index is 2.46. The predicted molar refractivity (Wildman–Crippen MR) is 33.4 cm³/mol. The molecule has 0 saturated heterocycles. The molecule has 1 aliphatic rings. The van der Waals surface area contributed by atoms with Crippen molar-refractivity contribution >= 4 is 17.0 Å². The Bertz CT molecular complexity index is 130. The molecule has 2 nitrogen and oxygen atoms in total. The molecule has 1 atom stereocenters. The van der Waals surface area contributed by atoms with Crippen molar-refractivity contribution in [2.45, 2.75) is 0 Å². The molecule has 0 aromatic rings. The molecule has 0 spiro atoms. The van der Waals surface area contributed by atoms with Gasteiger partial charge in [-0.25, -0.2) is 0 Å². The number of carbonyl (C=O) groups is 1. The van der Waals surface area contributed by atoms with Crippen LogP contribution in [-0.2, 0) is 20.2 Å². The number of ketones is 1. The summed E-state index contributed by atoms with van der Waals surface area (Å²) < 4.78 is 4.90. The highest BCUT2D eigenvalue weighted by atomic mass is 32.2. The van der Waals surface area contributed by atoms with Crippen molar-refractivity contribution in [2.24, 2.45) is 0 Å². The number of allylic oxidation sites excluding steroid dienone is 1. The third kappa shape index (κ3) is 1.11. The third-order valence-electron chi connectivity index (χ3n) is 0.904. The van der Waals surface area contributed by atoms with E-state index in [0.29, 0.717) is 5.75 Å². The molecule has 0 N–H and O–H groups in total. The molecule has 44 valence electrons. The minimum absolute atomic E-state index is 0.176. The molecule has 0 saturated carbocycles. The van der Waals surface area contributed by atoms with Crippen molar-refractivity contribution < 1.29 is 8.98 Å². The van der Waals surface area contributed by atoms with Gasteiger partial charge >= 0.3 is 0 Å². The largest absolute Gasteiger partial charge is 0.289 e. The van der Waals surface area contributed by atoms with Gasteiger partial charge in [-0.2, -0.15) is 4.18 Å². The fraction of sp³-hybridized carbons (Fsp3) is 0.400. The molecular formula is C5H7O2S+. The molecule has 0 bridgehead atoms. The minimum Gasteiger partial charge on any atom is -0.289 e. The molecule has 0 aliphatic carbocycles. The van der Waals surface area contributed by atoms with Gasteiger partial charge in [0.05, 0.1) is 7.11 Å². The molecular weight excluding hydrogens is 124 g/mol. The van der Waals surface area contributed by atoms with E-state index in [2.05, 4.69) is 0 Å². The second kappa shape index (κ2) is 2.33. The quantitative estimate of drug-likeness (QED) is 0.477. The Morgan fingerprint density at radius 3 is 2.88 bits per heavy atom. The van der Waals surface area contributed by atoms with Crippen LogP contribution in [0, 0.1) is 0 Å². The maximum absolute atomic E-state index is 10.5. The van der Waals surface area contributed by atoms with Crippen molar-refractivity contribution in [3.8, 4) is 0 Å². The zero-order valence-electron chi connectivity index (χ0n) is 4.59. The van der Waals surface area contributed by atoms with Crippen LogP contribution in [-0.4, -0.2) is 18.6 Å². The van der Waals surface area contributed by atoms with E-state index in [4.69, 9.17) is 4.18 Å². The summed E-state index contributed by atoms with van der Waals surface area (Å²) in [6, 6.07) is 0. The first kappa shape index (κ1) is 5.85. The van der Waals surface area contributed by atoms with E-state index in [1.807, 2.05) is 5.41 Å². The average molecular weight is 131 g/mol. The number of hydrogen-bond acceptors (Lipinski definition) is 2. The first-order valence-corrected chi connectivity index (χ1v) is 3.66. The Morgan fingerprint density at radius 2 is 2.62 bits per heavy atom. The Kier molecular flexibility index (Phi) is 1.70. The van der Waals surface area contributed by atoms with Gasteiger partial charge < -0.3 is 0 Å². The Morgan fingerprint density at radius 1 is 1.88 bits per heavy atom. The highest BCUT2D eigenvalue weighted by molar-refractivity contribution is 7.96. The standard InChI is InChI=1S/C5H7O2S/c1-7-8-3-2-5(6)4-8/h2-3H,4H2,1H3/q+1. The fourth-order valence-corrected chi connectivity index (χ4v) is 1.51. The predicted octanol–water partition coefficient (Wildman–Crippen LogP) is 0.262. The molecule has 8 heavy (non-hydrogen) atoms. The summed E-state index contributed by atoms with van der Waals surface area (Å²) in [5.41, 5.74) is 0. The van der Waals surface area contributed by atoms with Crippen LogP contribution >= 0.6 is 0 Å². The molecule has 0 fully saturated rings. The van der Waals surface area contributed by atoms with Gasteiger partial charge in [0.2, 0.25) is 11.5 Å². The van der Waals surface area contributed by atoms with Crippen LogP contribution in [0.5, 0.6) is 0 Å². The van der Waals surface area contributed by atoms with Gasteiger partial charge in [-0.1, -0.05) is 0 Å². The molecule has 0 amide bonds. The van der Waals surface area contributed by atoms with Crippen LogP contribution in [0.2, 0.25) is 0 Å². The van der Waals surface area contributed by atoms with E-state index < -0.39 is 0 Å². The number of hydrogen-bond donors (Lipinski definition) is 0. The highest BCUT2D eigenvalue weighted by Crippen LogP contribution is 2.06. The van der Waals surface area contributed by atoms with Gasteiger partial charge in [0.25, 0.3) is 0 Å². The normalized spacial score (nSPS) is 27.1. The monoisotopic (exact) mass is 131 g/mol. The summed E-state index contributed by atoms with van der Waals surface area (Å²) >= 11 is -0.194. The maximum Gasteiger partial charge on any atom is 0.212 e. The van der Waals surface area contributed by atoms with Gasteiger partial charge in [-0.3, -0.25) is 4.79 Å². The second-order valence-corrected chi connectivity index (χ2v) is 3.12. The molecule has 1 aliphatic heterocycles. The van der Waals surface area contributed by atoms with Gasteiger partial charge in [0, 0.05) is 6.08 Å². The summed E-state index contributed by atoms with van der Waals surface area (Å²) in [6.07, 6.45) is 1.58. The third-order valence-corrected chi connectivity index (χ3v) is 2.34. The topological polar surface area (TPSA) is 26.3 Å². The molecule has 3 heteroatoms. The van der Waals surface area contributed by atoms with Crippen molar-refractivity contribution in [3.05, 3.63) is 11.5 Å². The van der Waals surface area contributed by atoms with Crippen LogP contribution in [0.3, 0.4) is 0 Å². The minimum atomic E-state index is -0.194. The lowest BCUT2D eigenvalue weighted by Gasteiger charge is -1.85. The first-order chi connectivity index (χ1) is 3.83. The van der Waals surface area contributed by atoms with Crippen molar-refractivity contribution in [2.75, 3.05) is 12.9 Å². The highest BCUT2D eigenvalue weighted by Gasteiger charge is 2.25. The smallest absolute Gasteiger partial charge is 0.212 e. The fourth-order valence-electron chi connectivity index (χ4n) is 0.503. The van der Waals surface area contributed by atoms with Gasteiger partial charge in [-0.05, 0) is 0 Å². The van der Waals surface area contributed by atoms with E-state index in [-0.39, 0.29) is 17.0 Å². The Hall–Kier alpha value is -0.280. The average Bonchev–Trinajstić information content (AvgIpc) is 2.14. The molecule has 0 radical (unpaired) electrons. The van der Waals surface area contributed by atoms with E-state index in [0.717, 1.165) is 0 Å². The van der Waals surface area contributed by atoms with E-state index in [1.54, 1.807) is 13.2 Å². The van der Waals surface area contributed by atoms with Crippen molar-refractivity contribution in [3.63, 3.8) is 0 Å². The van der Waals surface area contributed by atoms with Crippen LogP contribution in [0.1, 0.15) is 0 Å². The molecule has 1 unspecified atom stereocenters. The zero-order valence-corrected chi connectivity index (χ0v) is 5.40. The van der Waals surface area contributed by atoms with Crippen molar-refractivity contribution in [1.29, 1.82) is 0 Å². The lowest BCUT2D eigenvalue weighted by Crippen LogP contribution is -2.05. The first-order valence-electron chi connectivity index (χ1n) is 2.28. The van der Waals surface area contributed by atoms with Gasteiger partial charge in [0.15, 0.2) is 16.6 Å². The molecule has 0 aromatic heterocycles. The van der Waals surface area contributed by atoms with Crippen LogP contribution in [0.25, 0.3) is 0 Å². The number of rotatable bonds is 1. The second-order valence-electron chi connectivity index (χ2n) is 1.46. The van der Waals surface area contributed by atoms with Crippen LogP contribution in [0.4, 0.5) is 0 Å². The summed E-state index contributed by atoms with van der Waals surface area (Å²) in [5.74, 6) is 0.728. The summed E-state index contributed by atoms with van der Waals surface area (Å²) in [4.78, 5) is 10.5.